The summed E-state index contributed by atoms with van der Waals surface area (Å²) >= 11 is 3.49. The van der Waals surface area contributed by atoms with Gasteiger partial charge in [-0.05, 0) is 55.2 Å². The molecule has 1 aliphatic rings. The van der Waals surface area contributed by atoms with Crippen molar-refractivity contribution in [2.45, 2.75) is 58.9 Å². The van der Waals surface area contributed by atoms with Crippen LogP contribution in [0.15, 0.2) is 22.7 Å². The third-order valence-electron chi connectivity index (χ3n) is 4.66. The second-order valence-corrected chi connectivity index (χ2v) is 8.13. The SMILES string of the molecule is CC(C)(C)C1CCCC(Nc2cc(Br)ccc2C#N)CC1. The van der Waals surface area contributed by atoms with Crippen LogP contribution in [-0.2, 0) is 0 Å². The van der Waals surface area contributed by atoms with E-state index in [2.05, 4.69) is 48.1 Å². The van der Waals surface area contributed by atoms with Crippen molar-refractivity contribution in [3.63, 3.8) is 0 Å². The predicted molar refractivity (Wildman–Crippen MR) is 92.3 cm³/mol. The molecule has 21 heavy (non-hydrogen) atoms. The summed E-state index contributed by atoms with van der Waals surface area (Å²) in [6.45, 7) is 7.06. The summed E-state index contributed by atoms with van der Waals surface area (Å²) in [5.41, 5.74) is 2.10. The molecule has 1 aromatic rings. The minimum atomic E-state index is 0.405. The van der Waals surface area contributed by atoms with Crippen LogP contribution in [0.5, 0.6) is 0 Å². The van der Waals surface area contributed by atoms with Crippen LogP contribution < -0.4 is 5.32 Å². The number of nitrogens with one attached hydrogen (secondary N) is 1. The van der Waals surface area contributed by atoms with Gasteiger partial charge in [-0.25, -0.2) is 0 Å². The summed E-state index contributed by atoms with van der Waals surface area (Å²) in [6, 6.07) is 8.58. The van der Waals surface area contributed by atoms with E-state index in [9.17, 15) is 5.26 Å². The molecule has 1 N–H and O–H groups in total. The first-order chi connectivity index (χ1) is 9.90. The Morgan fingerprint density at radius 1 is 1.19 bits per heavy atom. The number of halogens is 1. The van der Waals surface area contributed by atoms with Gasteiger partial charge in [0.05, 0.1) is 11.3 Å². The van der Waals surface area contributed by atoms with Crippen LogP contribution in [0.4, 0.5) is 5.69 Å². The highest BCUT2D eigenvalue weighted by Gasteiger charge is 2.27. The summed E-state index contributed by atoms with van der Waals surface area (Å²) in [7, 11) is 0. The van der Waals surface area contributed by atoms with E-state index in [-0.39, 0.29) is 0 Å². The molecule has 2 rings (SSSR count). The molecule has 2 nitrogen and oxygen atoms in total. The second-order valence-electron chi connectivity index (χ2n) is 7.21. The maximum Gasteiger partial charge on any atom is 0.101 e. The molecule has 0 radical (unpaired) electrons. The van der Waals surface area contributed by atoms with Crippen molar-refractivity contribution in [3.05, 3.63) is 28.2 Å². The highest BCUT2D eigenvalue weighted by Crippen LogP contribution is 2.37. The maximum atomic E-state index is 9.24. The Kier molecular flexibility index (Phi) is 5.32. The van der Waals surface area contributed by atoms with Crippen molar-refractivity contribution in [2.24, 2.45) is 11.3 Å². The zero-order valence-electron chi connectivity index (χ0n) is 13.2. The van der Waals surface area contributed by atoms with Crippen molar-refractivity contribution in [1.82, 2.24) is 0 Å². The zero-order valence-corrected chi connectivity index (χ0v) is 14.8. The fraction of sp³-hybridized carbons (Fsp3) is 0.611. The molecule has 2 atom stereocenters. The normalized spacial score (nSPS) is 23.2. The van der Waals surface area contributed by atoms with Gasteiger partial charge in [0.15, 0.2) is 0 Å². The molecule has 114 valence electrons. The lowest BCUT2D eigenvalue weighted by atomic mass is 9.76. The summed E-state index contributed by atoms with van der Waals surface area (Å²) in [6.07, 6.45) is 6.26. The van der Waals surface area contributed by atoms with E-state index in [1.807, 2.05) is 18.2 Å². The van der Waals surface area contributed by atoms with Gasteiger partial charge in [-0.2, -0.15) is 5.26 Å². The number of rotatable bonds is 2. The number of anilines is 1. The van der Waals surface area contributed by atoms with Gasteiger partial charge in [-0.1, -0.05) is 43.1 Å². The standard InChI is InChI=1S/C18H25BrN2/c1-18(2,3)14-5-4-6-16(10-8-14)21-17-11-15(19)9-7-13(17)12-20/h7,9,11,14,16,21H,4-6,8,10H2,1-3H3. The molecular formula is C18H25BrN2. The number of benzene rings is 1. The van der Waals surface area contributed by atoms with Gasteiger partial charge in [0.25, 0.3) is 0 Å². The monoisotopic (exact) mass is 348 g/mol. The molecular weight excluding hydrogens is 324 g/mol. The topological polar surface area (TPSA) is 35.8 Å². The van der Waals surface area contributed by atoms with Crippen LogP contribution >= 0.6 is 15.9 Å². The molecule has 1 fully saturated rings. The lowest BCUT2D eigenvalue weighted by molar-refractivity contribution is 0.214. The quantitative estimate of drug-likeness (QED) is 0.692. The van der Waals surface area contributed by atoms with Gasteiger partial charge in [0, 0.05) is 10.5 Å². The van der Waals surface area contributed by atoms with Gasteiger partial charge < -0.3 is 5.32 Å². The van der Waals surface area contributed by atoms with E-state index < -0.39 is 0 Å². The molecule has 0 aromatic heterocycles. The Bertz CT molecular complexity index is 525. The van der Waals surface area contributed by atoms with Gasteiger partial charge in [0.1, 0.15) is 6.07 Å². The van der Waals surface area contributed by atoms with E-state index in [0.29, 0.717) is 11.5 Å². The maximum absolute atomic E-state index is 9.24. The van der Waals surface area contributed by atoms with Crippen molar-refractivity contribution in [1.29, 1.82) is 5.26 Å². The van der Waals surface area contributed by atoms with Crippen molar-refractivity contribution in [3.8, 4) is 6.07 Å². The third kappa shape index (κ3) is 4.48. The predicted octanol–water partition coefficient (Wildman–Crippen LogP) is 5.73. The lowest BCUT2D eigenvalue weighted by Gasteiger charge is -2.29. The fourth-order valence-electron chi connectivity index (χ4n) is 3.27. The Hall–Kier alpha value is -1.01. The van der Waals surface area contributed by atoms with Crippen molar-refractivity contribution < 1.29 is 0 Å². The summed E-state index contributed by atoms with van der Waals surface area (Å²) in [5, 5.41) is 12.8. The molecule has 0 aliphatic heterocycles. The molecule has 0 amide bonds. The first-order valence-electron chi connectivity index (χ1n) is 7.86. The van der Waals surface area contributed by atoms with Crippen LogP contribution in [0.3, 0.4) is 0 Å². The van der Waals surface area contributed by atoms with E-state index in [1.54, 1.807) is 0 Å². The van der Waals surface area contributed by atoms with E-state index in [0.717, 1.165) is 21.6 Å². The number of nitriles is 1. The minimum Gasteiger partial charge on any atom is -0.381 e. The average molecular weight is 349 g/mol. The van der Waals surface area contributed by atoms with Crippen LogP contribution in [0.2, 0.25) is 0 Å². The Morgan fingerprint density at radius 2 is 1.95 bits per heavy atom. The molecule has 0 heterocycles. The Balaban J connectivity index is 2.05. The van der Waals surface area contributed by atoms with Crippen LogP contribution in [0.25, 0.3) is 0 Å². The van der Waals surface area contributed by atoms with Gasteiger partial charge in [-0.3, -0.25) is 0 Å². The molecule has 0 saturated heterocycles. The first kappa shape index (κ1) is 16.4. The van der Waals surface area contributed by atoms with E-state index in [1.165, 1.54) is 32.1 Å². The molecule has 3 heteroatoms. The Labute approximate surface area is 137 Å². The fourth-order valence-corrected chi connectivity index (χ4v) is 3.63. The van der Waals surface area contributed by atoms with Crippen molar-refractivity contribution in [2.75, 3.05) is 5.32 Å². The second kappa shape index (κ2) is 6.83. The molecule has 0 bridgehead atoms. The smallest absolute Gasteiger partial charge is 0.101 e. The number of hydrogen-bond acceptors (Lipinski definition) is 2. The zero-order chi connectivity index (χ0) is 15.5. The highest BCUT2D eigenvalue weighted by molar-refractivity contribution is 9.10. The van der Waals surface area contributed by atoms with E-state index in [4.69, 9.17) is 0 Å². The molecule has 1 saturated carbocycles. The summed E-state index contributed by atoms with van der Waals surface area (Å²) in [5.74, 6) is 0.808. The van der Waals surface area contributed by atoms with Crippen LogP contribution in [0, 0.1) is 22.7 Å². The van der Waals surface area contributed by atoms with Gasteiger partial charge in [0.2, 0.25) is 0 Å². The molecule has 2 unspecified atom stereocenters. The third-order valence-corrected chi connectivity index (χ3v) is 5.15. The number of nitrogens with zero attached hydrogens (tertiary/aromatic N) is 1. The molecule has 0 spiro atoms. The summed E-state index contributed by atoms with van der Waals surface area (Å²) in [4.78, 5) is 0. The van der Waals surface area contributed by atoms with Crippen LogP contribution in [0.1, 0.15) is 58.4 Å². The first-order valence-corrected chi connectivity index (χ1v) is 8.65. The molecule has 1 aromatic carbocycles. The van der Waals surface area contributed by atoms with Gasteiger partial charge >= 0.3 is 0 Å². The van der Waals surface area contributed by atoms with E-state index >= 15 is 0 Å². The van der Waals surface area contributed by atoms with Crippen molar-refractivity contribution >= 4 is 21.6 Å². The Morgan fingerprint density at radius 3 is 2.62 bits per heavy atom. The summed E-state index contributed by atoms with van der Waals surface area (Å²) < 4.78 is 1.02. The average Bonchev–Trinajstić information content (AvgIpc) is 2.64. The minimum absolute atomic E-state index is 0.405. The number of hydrogen-bond donors (Lipinski definition) is 1. The highest BCUT2D eigenvalue weighted by atomic mass is 79.9. The molecule has 1 aliphatic carbocycles. The van der Waals surface area contributed by atoms with Gasteiger partial charge in [-0.15, -0.1) is 0 Å². The largest absolute Gasteiger partial charge is 0.381 e. The lowest BCUT2D eigenvalue weighted by Crippen LogP contribution is -2.22. The van der Waals surface area contributed by atoms with Crippen LogP contribution in [-0.4, -0.2) is 6.04 Å².